The number of urea groups is 1. The largest absolute Gasteiger partial charge is 0.378 e. The standard InChI is InChI=1S/C12H17N3O2/c13-12(16)14-9-10-3-1-2-4-11(10)15-5-7-17-8-6-15/h1-4H,5-9H2,(H3,13,14,16). The number of para-hydroxylation sites is 1. The molecule has 1 aromatic rings. The van der Waals surface area contributed by atoms with Gasteiger partial charge in [0.25, 0.3) is 0 Å². The summed E-state index contributed by atoms with van der Waals surface area (Å²) in [5.74, 6) is 0. The van der Waals surface area contributed by atoms with E-state index in [1.54, 1.807) is 0 Å². The van der Waals surface area contributed by atoms with E-state index in [2.05, 4.69) is 16.3 Å². The molecule has 1 fully saturated rings. The van der Waals surface area contributed by atoms with Crippen LogP contribution in [0.25, 0.3) is 0 Å². The minimum Gasteiger partial charge on any atom is -0.378 e. The Morgan fingerprint density at radius 1 is 1.35 bits per heavy atom. The zero-order chi connectivity index (χ0) is 12.1. The van der Waals surface area contributed by atoms with Gasteiger partial charge in [0.05, 0.1) is 13.2 Å². The van der Waals surface area contributed by atoms with Crippen LogP contribution in [0.1, 0.15) is 5.56 Å². The van der Waals surface area contributed by atoms with E-state index in [1.165, 1.54) is 0 Å². The summed E-state index contributed by atoms with van der Waals surface area (Å²) < 4.78 is 5.33. The number of morpholine rings is 1. The van der Waals surface area contributed by atoms with Crippen molar-refractivity contribution in [2.75, 3.05) is 31.2 Å². The molecular weight excluding hydrogens is 218 g/mol. The lowest BCUT2D eigenvalue weighted by Gasteiger charge is -2.30. The molecule has 0 atom stereocenters. The van der Waals surface area contributed by atoms with Crippen molar-refractivity contribution in [3.05, 3.63) is 29.8 Å². The van der Waals surface area contributed by atoms with Gasteiger partial charge in [-0.3, -0.25) is 0 Å². The Bertz CT molecular complexity index is 389. The van der Waals surface area contributed by atoms with Crippen molar-refractivity contribution in [1.29, 1.82) is 0 Å². The Morgan fingerprint density at radius 2 is 2.06 bits per heavy atom. The molecule has 0 aromatic heterocycles. The number of amides is 2. The second kappa shape index (κ2) is 5.54. The van der Waals surface area contributed by atoms with Crippen LogP contribution >= 0.6 is 0 Å². The van der Waals surface area contributed by atoms with Gasteiger partial charge in [-0.2, -0.15) is 0 Å². The number of carbonyl (C=O) groups excluding carboxylic acids is 1. The van der Waals surface area contributed by atoms with E-state index in [0.29, 0.717) is 6.54 Å². The van der Waals surface area contributed by atoms with E-state index < -0.39 is 6.03 Å². The van der Waals surface area contributed by atoms with E-state index in [-0.39, 0.29) is 0 Å². The van der Waals surface area contributed by atoms with Crippen LogP contribution in [-0.4, -0.2) is 32.3 Å². The average Bonchev–Trinajstić information content (AvgIpc) is 2.38. The third-order valence-electron chi connectivity index (χ3n) is 2.80. The molecule has 92 valence electrons. The molecule has 2 rings (SSSR count). The fourth-order valence-corrected chi connectivity index (χ4v) is 1.96. The SMILES string of the molecule is NC(=O)NCc1ccccc1N1CCOCC1. The van der Waals surface area contributed by atoms with Gasteiger partial charge in [-0.1, -0.05) is 18.2 Å². The smallest absolute Gasteiger partial charge is 0.312 e. The number of nitrogens with one attached hydrogen (secondary N) is 1. The maximum atomic E-state index is 10.7. The molecule has 0 bridgehead atoms. The van der Waals surface area contributed by atoms with E-state index in [9.17, 15) is 4.79 Å². The molecule has 3 N–H and O–H groups in total. The highest BCUT2D eigenvalue weighted by molar-refractivity contribution is 5.72. The lowest BCUT2D eigenvalue weighted by Crippen LogP contribution is -2.37. The molecule has 0 aliphatic carbocycles. The number of anilines is 1. The van der Waals surface area contributed by atoms with Crippen LogP contribution in [0.4, 0.5) is 10.5 Å². The Morgan fingerprint density at radius 3 is 2.76 bits per heavy atom. The zero-order valence-electron chi connectivity index (χ0n) is 9.69. The van der Waals surface area contributed by atoms with Crippen molar-refractivity contribution in [1.82, 2.24) is 5.32 Å². The summed E-state index contributed by atoms with van der Waals surface area (Å²) >= 11 is 0. The van der Waals surface area contributed by atoms with Crippen LogP contribution in [0.3, 0.4) is 0 Å². The number of primary amides is 1. The van der Waals surface area contributed by atoms with Gasteiger partial charge in [-0.15, -0.1) is 0 Å². The number of hydrogen-bond acceptors (Lipinski definition) is 3. The van der Waals surface area contributed by atoms with Crippen LogP contribution in [0.15, 0.2) is 24.3 Å². The van der Waals surface area contributed by atoms with E-state index in [4.69, 9.17) is 10.5 Å². The molecule has 0 radical (unpaired) electrons. The number of nitrogens with two attached hydrogens (primary N) is 1. The summed E-state index contributed by atoms with van der Waals surface area (Å²) in [7, 11) is 0. The van der Waals surface area contributed by atoms with Crippen molar-refractivity contribution in [2.45, 2.75) is 6.54 Å². The van der Waals surface area contributed by atoms with Crippen molar-refractivity contribution in [3.8, 4) is 0 Å². The number of rotatable bonds is 3. The monoisotopic (exact) mass is 235 g/mol. The summed E-state index contributed by atoms with van der Waals surface area (Å²) in [5.41, 5.74) is 7.31. The van der Waals surface area contributed by atoms with Crippen molar-refractivity contribution >= 4 is 11.7 Å². The lowest BCUT2D eigenvalue weighted by atomic mass is 10.1. The molecule has 0 saturated carbocycles. The third-order valence-corrected chi connectivity index (χ3v) is 2.80. The Hall–Kier alpha value is -1.75. The summed E-state index contributed by atoms with van der Waals surface area (Å²) in [4.78, 5) is 13.0. The molecule has 17 heavy (non-hydrogen) atoms. The molecule has 1 heterocycles. The summed E-state index contributed by atoms with van der Waals surface area (Å²) in [6, 6.07) is 7.52. The molecule has 1 saturated heterocycles. The summed E-state index contributed by atoms with van der Waals surface area (Å²) in [6.07, 6.45) is 0. The van der Waals surface area contributed by atoms with Gasteiger partial charge >= 0.3 is 6.03 Å². The van der Waals surface area contributed by atoms with Gasteiger partial charge in [-0.25, -0.2) is 4.79 Å². The number of carbonyl (C=O) groups is 1. The minimum absolute atomic E-state index is 0.461. The van der Waals surface area contributed by atoms with Crippen molar-refractivity contribution in [3.63, 3.8) is 0 Å². The highest BCUT2D eigenvalue weighted by Crippen LogP contribution is 2.21. The molecular formula is C12H17N3O2. The van der Waals surface area contributed by atoms with Gasteiger partial charge in [0.2, 0.25) is 0 Å². The van der Waals surface area contributed by atoms with Crippen molar-refractivity contribution in [2.24, 2.45) is 5.73 Å². The van der Waals surface area contributed by atoms with Gasteiger partial charge in [-0.05, 0) is 11.6 Å². The van der Waals surface area contributed by atoms with Crippen LogP contribution in [0, 0.1) is 0 Å². The third kappa shape index (κ3) is 3.10. The molecule has 1 aliphatic heterocycles. The molecule has 2 amide bonds. The second-order valence-electron chi connectivity index (χ2n) is 3.95. The molecule has 5 nitrogen and oxygen atoms in total. The minimum atomic E-state index is -0.498. The molecule has 5 heteroatoms. The first-order valence-corrected chi connectivity index (χ1v) is 5.71. The Kier molecular flexibility index (Phi) is 3.82. The number of hydrogen-bond donors (Lipinski definition) is 2. The molecule has 0 unspecified atom stereocenters. The maximum absolute atomic E-state index is 10.7. The first kappa shape index (κ1) is 11.7. The number of nitrogens with zero attached hydrogens (tertiary/aromatic N) is 1. The molecule has 1 aromatic carbocycles. The van der Waals surface area contributed by atoms with Crippen LogP contribution in [-0.2, 0) is 11.3 Å². The predicted molar refractivity (Wildman–Crippen MR) is 65.9 cm³/mol. The van der Waals surface area contributed by atoms with Gasteiger partial charge in [0.1, 0.15) is 0 Å². The topological polar surface area (TPSA) is 67.6 Å². The normalized spacial score (nSPS) is 15.6. The second-order valence-corrected chi connectivity index (χ2v) is 3.95. The van der Waals surface area contributed by atoms with Gasteiger partial charge < -0.3 is 20.7 Å². The van der Waals surface area contributed by atoms with Gasteiger partial charge in [0, 0.05) is 25.3 Å². The van der Waals surface area contributed by atoms with Crippen LogP contribution < -0.4 is 16.0 Å². The summed E-state index contributed by atoms with van der Waals surface area (Å²) in [6.45, 7) is 3.72. The lowest BCUT2D eigenvalue weighted by molar-refractivity contribution is 0.122. The van der Waals surface area contributed by atoms with Crippen LogP contribution in [0.2, 0.25) is 0 Å². The fraction of sp³-hybridized carbons (Fsp3) is 0.417. The first-order valence-electron chi connectivity index (χ1n) is 5.71. The fourth-order valence-electron chi connectivity index (χ4n) is 1.96. The average molecular weight is 235 g/mol. The van der Waals surface area contributed by atoms with Gasteiger partial charge in [0.15, 0.2) is 0 Å². The number of benzene rings is 1. The highest BCUT2D eigenvalue weighted by atomic mass is 16.5. The maximum Gasteiger partial charge on any atom is 0.312 e. The zero-order valence-corrected chi connectivity index (χ0v) is 9.69. The predicted octanol–water partition coefficient (Wildman–Crippen LogP) is 0.691. The van der Waals surface area contributed by atoms with Crippen LogP contribution in [0.5, 0.6) is 0 Å². The quantitative estimate of drug-likeness (QED) is 0.810. The van der Waals surface area contributed by atoms with Crippen molar-refractivity contribution < 1.29 is 9.53 Å². The van der Waals surface area contributed by atoms with E-state index in [1.807, 2.05) is 18.2 Å². The summed E-state index contributed by atoms with van der Waals surface area (Å²) in [5, 5.41) is 2.62. The Labute approximate surface area is 101 Å². The van der Waals surface area contributed by atoms with E-state index >= 15 is 0 Å². The molecule has 0 spiro atoms. The van der Waals surface area contributed by atoms with E-state index in [0.717, 1.165) is 37.6 Å². The highest BCUT2D eigenvalue weighted by Gasteiger charge is 2.14. The first-order chi connectivity index (χ1) is 8.27. The number of ether oxygens (including phenoxy) is 1. The molecule has 1 aliphatic rings. The Balaban J connectivity index is 2.11.